The van der Waals surface area contributed by atoms with Gasteiger partial charge in [-0.15, -0.1) is 5.10 Å². The molecule has 0 saturated carbocycles. The molecule has 1 heterocycles. The number of thiocarbonyl (C=S) groups is 1. The standard InChI is InChI=1S/C11H12ClN5S/c12-10-7-8(1-2-9(10)11(13)18)14-3-5-17-6-4-15-16-17/h1-2,4,6-7,14H,3,5H2,(H2,13,18). The van der Waals surface area contributed by atoms with Crippen molar-refractivity contribution in [1.29, 1.82) is 0 Å². The summed E-state index contributed by atoms with van der Waals surface area (Å²) >= 11 is 11.0. The summed E-state index contributed by atoms with van der Waals surface area (Å²) in [6.07, 6.45) is 3.46. The predicted octanol–water partition coefficient (Wildman–Crippen LogP) is 1.68. The molecular formula is C11H12ClN5S. The molecule has 2 aromatic rings. The fourth-order valence-corrected chi connectivity index (χ4v) is 2.01. The first kappa shape index (κ1) is 12.8. The summed E-state index contributed by atoms with van der Waals surface area (Å²) in [6.45, 7) is 1.46. The van der Waals surface area contributed by atoms with Crippen LogP contribution in [0.2, 0.25) is 5.02 Å². The van der Waals surface area contributed by atoms with Gasteiger partial charge in [-0.25, -0.2) is 0 Å². The molecule has 5 nitrogen and oxygen atoms in total. The van der Waals surface area contributed by atoms with E-state index in [1.807, 2.05) is 18.3 Å². The molecule has 0 saturated heterocycles. The summed E-state index contributed by atoms with van der Waals surface area (Å²) < 4.78 is 1.75. The number of benzene rings is 1. The van der Waals surface area contributed by atoms with Gasteiger partial charge in [0.15, 0.2) is 0 Å². The van der Waals surface area contributed by atoms with Crippen molar-refractivity contribution in [2.45, 2.75) is 6.54 Å². The number of hydrogen-bond acceptors (Lipinski definition) is 4. The monoisotopic (exact) mass is 281 g/mol. The van der Waals surface area contributed by atoms with Crippen molar-refractivity contribution in [2.24, 2.45) is 5.73 Å². The Morgan fingerprint density at radius 3 is 2.94 bits per heavy atom. The number of nitrogens with one attached hydrogen (secondary N) is 1. The number of aromatic nitrogens is 3. The quantitative estimate of drug-likeness (QED) is 0.816. The molecule has 0 fully saturated rings. The van der Waals surface area contributed by atoms with Gasteiger partial charge in [-0.3, -0.25) is 4.68 Å². The molecule has 0 aliphatic rings. The van der Waals surface area contributed by atoms with Crippen LogP contribution in [0.15, 0.2) is 30.6 Å². The van der Waals surface area contributed by atoms with E-state index in [1.165, 1.54) is 0 Å². The second kappa shape index (κ2) is 5.79. The number of hydrogen-bond donors (Lipinski definition) is 2. The highest BCUT2D eigenvalue weighted by atomic mass is 35.5. The van der Waals surface area contributed by atoms with E-state index in [0.717, 1.165) is 18.8 Å². The molecule has 0 spiro atoms. The van der Waals surface area contributed by atoms with Crippen LogP contribution >= 0.6 is 23.8 Å². The lowest BCUT2D eigenvalue weighted by atomic mass is 10.2. The summed E-state index contributed by atoms with van der Waals surface area (Å²) in [6, 6.07) is 5.50. The normalized spacial score (nSPS) is 10.3. The molecule has 18 heavy (non-hydrogen) atoms. The molecule has 0 aliphatic heterocycles. The number of rotatable bonds is 5. The second-order valence-corrected chi connectivity index (χ2v) is 4.50. The maximum atomic E-state index is 6.07. The second-order valence-electron chi connectivity index (χ2n) is 3.65. The fourth-order valence-electron chi connectivity index (χ4n) is 1.49. The number of nitrogens with zero attached hydrogens (tertiary/aromatic N) is 3. The largest absolute Gasteiger partial charge is 0.389 e. The van der Waals surface area contributed by atoms with Crippen LogP contribution < -0.4 is 11.1 Å². The maximum absolute atomic E-state index is 6.07. The highest BCUT2D eigenvalue weighted by Crippen LogP contribution is 2.20. The molecule has 2 rings (SSSR count). The Kier molecular flexibility index (Phi) is 4.11. The van der Waals surface area contributed by atoms with Crippen molar-refractivity contribution in [1.82, 2.24) is 15.0 Å². The lowest BCUT2D eigenvalue weighted by Crippen LogP contribution is -2.12. The van der Waals surface area contributed by atoms with Crippen molar-refractivity contribution in [3.8, 4) is 0 Å². The van der Waals surface area contributed by atoms with Gasteiger partial charge in [0, 0.05) is 24.0 Å². The van der Waals surface area contributed by atoms with Crippen molar-refractivity contribution in [2.75, 3.05) is 11.9 Å². The highest BCUT2D eigenvalue weighted by molar-refractivity contribution is 7.80. The van der Waals surface area contributed by atoms with Crippen LogP contribution in [0, 0.1) is 0 Å². The van der Waals surface area contributed by atoms with Gasteiger partial charge in [0.1, 0.15) is 4.99 Å². The topological polar surface area (TPSA) is 68.8 Å². The molecule has 0 unspecified atom stereocenters. The number of nitrogens with two attached hydrogens (primary N) is 1. The predicted molar refractivity (Wildman–Crippen MR) is 75.9 cm³/mol. The molecular weight excluding hydrogens is 270 g/mol. The minimum absolute atomic E-state index is 0.300. The lowest BCUT2D eigenvalue weighted by molar-refractivity contribution is 0.609. The third-order valence-electron chi connectivity index (χ3n) is 2.38. The van der Waals surface area contributed by atoms with Crippen LogP contribution in [0.5, 0.6) is 0 Å². The van der Waals surface area contributed by atoms with Crippen LogP contribution in [-0.2, 0) is 6.54 Å². The first-order valence-corrected chi connectivity index (χ1v) is 6.13. The van der Waals surface area contributed by atoms with Crippen LogP contribution in [0.25, 0.3) is 0 Å². The Morgan fingerprint density at radius 1 is 1.50 bits per heavy atom. The van der Waals surface area contributed by atoms with Gasteiger partial charge < -0.3 is 11.1 Å². The van der Waals surface area contributed by atoms with E-state index in [2.05, 4.69) is 15.6 Å². The SMILES string of the molecule is NC(=S)c1ccc(NCCn2ccnn2)cc1Cl. The average molecular weight is 282 g/mol. The molecule has 1 aromatic heterocycles. The van der Waals surface area contributed by atoms with Gasteiger partial charge in [-0.2, -0.15) is 0 Å². The van der Waals surface area contributed by atoms with Gasteiger partial charge in [-0.1, -0.05) is 29.0 Å². The third-order valence-corrected chi connectivity index (χ3v) is 2.91. The Bertz CT molecular complexity index is 540. The highest BCUT2D eigenvalue weighted by Gasteiger charge is 2.04. The van der Waals surface area contributed by atoms with E-state index >= 15 is 0 Å². The molecule has 0 radical (unpaired) electrons. The Labute approximate surface area is 115 Å². The van der Waals surface area contributed by atoms with Gasteiger partial charge in [-0.05, 0) is 18.2 Å². The Hall–Kier alpha value is -1.66. The Balaban J connectivity index is 1.94. The summed E-state index contributed by atoms with van der Waals surface area (Å²) in [7, 11) is 0. The molecule has 94 valence electrons. The maximum Gasteiger partial charge on any atom is 0.105 e. The van der Waals surface area contributed by atoms with E-state index in [0.29, 0.717) is 15.6 Å². The molecule has 0 amide bonds. The molecule has 7 heteroatoms. The molecule has 3 N–H and O–H groups in total. The first-order valence-electron chi connectivity index (χ1n) is 5.34. The molecule has 0 aliphatic carbocycles. The van der Waals surface area contributed by atoms with Crippen LogP contribution in [0.4, 0.5) is 5.69 Å². The molecule has 0 bridgehead atoms. The van der Waals surface area contributed by atoms with E-state index in [-0.39, 0.29) is 0 Å². The van der Waals surface area contributed by atoms with Gasteiger partial charge in [0.25, 0.3) is 0 Å². The molecule has 0 atom stereocenters. The summed E-state index contributed by atoms with van der Waals surface area (Å²) in [5.41, 5.74) is 7.14. The van der Waals surface area contributed by atoms with Crippen molar-refractivity contribution in [3.63, 3.8) is 0 Å². The third kappa shape index (κ3) is 3.18. The summed E-state index contributed by atoms with van der Waals surface area (Å²) in [5, 5.41) is 11.4. The van der Waals surface area contributed by atoms with E-state index in [9.17, 15) is 0 Å². The van der Waals surface area contributed by atoms with Crippen LogP contribution in [-0.4, -0.2) is 26.5 Å². The Morgan fingerprint density at radius 2 is 2.33 bits per heavy atom. The van der Waals surface area contributed by atoms with Gasteiger partial charge in [0.05, 0.1) is 17.8 Å². The number of halogens is 1. The zero-order chi connectivity index (χ0) is 13.0. The summed E-state index contributed by atoms with van der Waals surface area (Å²) in [4.78, 5) is 0.300. The van der Waals surface area contributed by atoms with Crippen molar-refractivity contribution < 1.29 is 0 Å². The van der Waals surface area contributed by atoms with Gasteiger partial charge in [0.2, 0.25) is 0 Å². The summed E-state index contributed by atoms with van der Waals surface area (Å²) in [5.74, 6) is 0. The minimum Gasteiger partial charge on any atom is -0.389 e. The van der Waals surface area contributed by atoms with E-state index in [4.69, 9.17) is 29.6 Å². The van der Waals surface area contributed by atoms with E-state index < -0.39 is 0 Å². The fraction of sp³-hybridized carbons (Fsp3) is 0.182. The van der Waals surface area contributed by atoms with Crippen molar-refractivity contribution >= 4 is 34.5 Å². The zero-order valence-electron chi connectivity index (χ0n) is 9.51. The lowest BCUT2D eigenvalue weighted by Gasteiger charge is -2.08. The van der Waals surface area contributed by atoms with Crippen LogP contribution in [0.3, 0.4) is 0 Å². The van der Waals surface area contributed by atoms with Crippen LogP contribution in [0.1, 0.15) is 5.56 Å². The zero-order valence-corrected chi connectivity index (χ0v) is 11.1. The number of anilines is 1. The molecule has 1 aromatic carbocycles. The smallest absolute Gasteiger partial charge is 0.105 e. The average Bonchev–Trinajstić information content (AvgIpc) is 2.81. The minimum atomic E-state index is 0.300. The first-order chi connectivity index (χ1) is 8.66. The van der Waals surface area contributed by atoms with E-state index in [1.54, 1.807) is 16.9 Å². The van der Waals surface area contributed by atoms with Crippen molar-refractivity contribution in [3.05, 3.63) is 41.2 Å². The van der Waals surface area contributed by atoms with Gasteiger partial charge >= 0.3 is 0 Å².